The van der Waals surface area contributed by atoms with Crippen LogP contribution in [0.4, 0.5) is 0 Å². The Bertz CT molecular complexity index is 767. The lowest BCUT2D eigenvalue weighted by Gasteiger charge is -2.03. The maximum atomic E-state index is 11.7. The van der Waals surface area contributed by atoms with Crippen LogP contribution in [0.3, 0.4) is 0 Å². The van der Waals surface area contributed by atoms with E-state index in [1.807, 2.05) is 30.3 Å². The largest absolute Gasteiger partial charge is 0.504 e. The molecular formula is C17H18O5S. The highest BCUT2D eigenvalue weighted by molar-refractivity contribution is 7.89. The summed E-state index contributed by atoms with van der Waals surface area (Å²) in [5.41, 5.74) is 1.57. The fraction of sp³-hybridized carbons (Fsp3) is 0.176. The van der Waals surface area contributed by atoms with Crippen molar-refractivity contribution in [2.45, 2.75) is 12.8 Å². The van der Waals surface area contributed by atoms with E-state index in [-0.39, 0.29) is 18.1 Å². The first-order valence-corrected chi connectivity index (χ1v) is 8.57. The number of benzene rings is 2. The summed E-state index contributed by atoms with van der Waals surface area (Å²) in [5, 5.41) is 19.5. The highest BCUT2D eigenvalue weighted by atomic mass is 32.2. The molecule has 0 atom stereocenters. The summed E-state index contributed by atoms with van der Waals surface area (Å²) < 4.78 is 28.4. The maximum Gasteiger partial charge on any atom is 0.290 e. The fourth-order valence-electron chi connectivity index (χ4n) is 1.94. The molecule has 23 heavy (non-hydrogen) atoms. The number of hydrogen-bond donors (Lipinski definition) is 2. The van der Waals surface area contributed by atoms with Gasteiger partial charge in [-0.25, -0.2) is 0 Å². The lowest BCUT2D eigenvalue weighted by Crippen LogP contribution is -2.04. The van der Waals surface area contributed by atoms with Crippen molar-refractivity contribution in [3.63, 3.8) is 0 Å². The maximum absolute atomic E-state index is 11.7. The Balaban J connectivity index is 1.84. The minimum Gasteiger partial charge on any atom is -0.504 e. The topological polar surface area (TPSA) is 83.8 Å². The molecule has 0 saturated heterocycles. The molecule has 0 amide bonds. The Morgan fingerprint density at radius 3 is 2.43 bits per heavy atom. The van der Waals surface area contributed by atoms with Crippen LogP contribution >= 0.6 is 0 Å². The van der Waals surface area contributed by atoms with Crippen LogP contribution in [0.5, 0.6) is 11.5 Å². The molecule has 0 aliphatic heterocycles. The van der Waals surface area contributed by atoms with Gasteiger partial charge in [0.2, 0.25) is 0 Å². The van der Waals surface area contributed by atoms with E-state index < -0.39 is 10.1 Å². The average molecular weight is 334 g/mol. The van der Waals surface area contributed by atoms with Crippen molar-refractivity contribution in [3.05, 3.63) is 65.1 Å². The van der Waals surface area contributed by atoms with Gasteiger partial charge >= 0.3 is 0 Å². The van der Waals surface area contributed by atoms with Gasteiger partial charge in [-0.15, -0.1) is 0 Å². The second-order valence-electron chi connectivity index (χ2n) is 4.95. The first-order valence-electron chi connectivity index (χ1n) is 7.10. The fourth-order valence-corrected chi connectivity index (χ4v) is 2.69. The molecule has 0 saturated carbocycles. The molecule has 0 aromatic heterocycles. The second-order valence-corrected chi connectivity index (χ2v) is 6.45. The van der Waals surface area contributed by atoms with E-state index in [9.17, 15) is 18.6 Å². The summed E-state index contributed by atoms with van der Waals surface area (Å²) in [7, 11) is -3.78. The molecule has 2 rings (SSSR count). The van der Waals surface area contributed by atoms with Crippen molar-refractivity contribution in [1.29, 1.82) is 0 Å². The van der Waals surface area contributed by atoms with Crippen molar-refractivity contribution >= 4 is 16.2 Å². The summed E-state index contributed by atoms with van der Waals surface area (Å²) in [5.74, 6) is -0.574. The SMILES string of the molecule is O=S(=O)(/C=C/c1ccc(O)c(O)c1)OCCCc1ccccc1. The highest BCUT2D eigenvalue weighted by Crippen LogP contribution is 2.25. The summed E-state index contributed by atoms with van der Waals surface area (Å²) in [6.07, 6.45) is 2.63. The molecule has 2 aromatic rings. The lowest BCUT2D eigenvalue weighted by molar-refractivity contribution is 0.318. The van der Waals surface area contributed by atoms with E-state index in [1.165, 1.54) is 24.3 Å². The van der Waals surface area contributed by atoms with Gasteiger partial charge in [0.1, 0.15) is 0 Å². The monoisotopic (exact) mass is 334 g/mol. The minimum atomic E-state index is -3.78. The predicted molar refractivity (Wildman–Crippen MR) is 88.4 cm³/mol. The van der Waals surface area contributed by atoms with Crippen molar-refractivity contribution in [2.24, 2.45) is 0 Å². The molecule has 0 fully saturated rings. The zero-order valence-corrected chi connectivity index (χ0v) is 13.2. The van der Waals surface area contributed by atoms with E-state index in [0.717, 1.165) is 17.4 Å². The molecule has 122 valence electrons. The van der Waals surface area contributed by atoms with E-state index in [1.54, 1.807) is 0 Å². The van der Waals surface area contributed by atoms with Gasteiger partial charge in [-0.1, -0.05) is 36.4 Å². The highest BCUT2D eigenvalue weighted by Gasteiger charge is 2.06. The van der Waals surface area contributed by atoms with E-state index in [4.69, 9.17) is 4.18 Å². The molecule has 0 heterocycles. The molecular weight excluding hydrogens is 316 g/mol. The van der Waals surface area contributed by atoms with Crippen LogP contribution < -0.4 is 0 Å². The number of aromatic hydroxyl groups is 2. The third-order valence-corrected chi connectivity index (χ3v) is 4.09. The summed E-state index contributed by atoms with van der Waals surface area (Å²) in [6, 6.07) is 13.8. The van der Waals surface area contributed by atoms with Crippen LogP contribution in [0.15, 0.2) is 53.9 Å². The Labute approximate surface area is 135 Å². The van der Waals surface area contributed by atoms with Gasteiger partial charge in [0.25, 0.3) is 10.1 Å². The van der Waals surface area contributed by atoms with Crippen LogP contribution in [0.25, 0.3) is 6.08 Å². The van der Waals surface area contributed by atoms with E-state index in [2.05, 4.69) is 0 Å². The lowest BCUT2D eigenvalue weighted by atomic mass is 10.1. The number of rotatable bonds is 7. The van der Waals surface area contributed by atoms with Crippen LogP contribution in [0.2, 0.25) is 0 Å². The quantitative estimate of drug-likeness (QED) is 0.462. The van der Waals surface area contributed by atoms with Crippen molar-refractivity contribution in [3.8, 4) is 11.5 Å². The number of phenolic OH excluding ortho intramolecular Hbond substituents is 2. The third kappa shape index (κ3) is 5.77. The molecule has 5 nitrogen and oxygen atoms in total. The van der Waals surface area contributed by atoms with Gasteiger partial charge in [-0.3, -0.25) is 4.18 Å². The normalized spacial score (nSPS) is 11.8. The molecule has 0 bridgehead atoms. The Morgan fingerprint density at radius 1 is 1.00 bits per heavy atom. The van der Waals surface area contributed by atoms with Crippen LogP contribution in [0, 0.1) is 0 Å². The second kappa shape index (κ2) is 7.80. The van der Waals surface area contributed by atoms with Gasteiger partial charge in [-0.05, 0) is 42.2 Å². The zero-order chi connectivity index (χ0) is 16.7. The number of aryl methyl sites for hydroxylation is 1. The first-order chi connectivity index (χ1) is 11.0. The molecule has 2 aromatic carbocycles. The standard InChI is InChI=1S/C17H18O5S/c18-16-9-8-15(13-17(16)19)10-12-23(20,21)22-11-4-7-14-5-2-1-3-6-14/h1-3,5-6,8-10,12-13,18-19H,4,7,11H2/b12-10+. The van der Waals surface area contributed by atoms with E-state index >= 15 is 0 Å². The third-order valence-electron chi connectivity index (χ3n) is 3.13. The molecule has 2 N–H and O–H groups in total. The summed E-state index contributed by atoms with van der Waals surface area (Å²) in [6.45, 7) is 0.0996. The molecule has 0 spiro atoms. The summed E-state index contributed by atoms with van der Waals surface area (Å²) >= 11 is 0. The van der Waals surface area contributed by atoms with Crippen molar-refractivity contribution in [1.82, 2.24) is 0 Å². The molecule has 0 unspecified atom stereocenters. The Kier molecular flexibility index (Phi) is 5.78. The minimum absolute atomic E-state index is 0.0996. The smallest absolute Gasteiger partial charge is 0.290 e. The number of phenols is 2. The Morgan fingerprint density at radius 2 is 1.74 bits per heavy atom. The molecule has 0 aliphatic carbocycles. The van der Waals surface area contributed by atoms with Crippen LogP contribution in [-0.2, 0) is 20.7 Å². The van der Waals surface area contributed by atoms with Gasteiger partial charge in [0.15, 0.2) is 11.5 Å². The van der Waals surface area contributed by atoms with Crippen LogP contribution in [0.1, 0.15) is 17.5 Å². The predicted octanol–water partition coefficient (Wildman–Crippen LogP) is 3.05. The van der Waals surface area contributed by atoms with Crippen molar-refractivity contribution in [2.75, 3.05) is 6.61 Å². The van der Waals surface area contributed by atoms with E-state index in [0.29, 0.717) is 12.0 Å². The van der Waals surface area contributed by atoms with Gasteiger partial charge in [0.05, 0.1) is 12.0 Å². The number of hydrogen-bond acceptors (Lipinski definition) is 5. The van der Waals surface area contributed by atoms with Gasteiger partial charge in [-0.2, -0.15) is 8.42 Å². The van der Waals surface area contributed by atoms with Gasteiger partial charge in [0, 0.05) is 0 Å². The Hall–Kier alpha value is -2.31. The molecule has 0 radical (unpaired) electrons. The first kappa shape index (κ1) is 17.1. The van der Waals surface area contributed by atoms with Gasteiger partial charge < -0.3 is 10.2 Å². The summed E-state index contributed by atoms with van der Waals surface area (Å²) in [4.78, 5) is 0. The molecule has 0 aliphatic rings. The van der Waals surface area contributed by atoms with Crippen molar-refractivity contribution < 1.29 is 22.8 Å². The zero-order valence-electron chi connectivity index (χ0n) is 12.4. The average Bonchev–Trinajstić information content (AvgIpc) is 2.54. The molecule has 6 heteroatoms. The van der Waals surface area contributed by atoms with Crippen LogP contribution in [-0.4, -0.2) is 25.2 Å².